The first kappa shape index (κ1) is 34.7. The lowest BCUT2D eigenvalue weighted by Gasteiger charge is -2.45. The van der Waals surface area contributed by atoms with Crippen molar-refractivity contribution in [2.45, 2.75) is 70.9 Å². The van der Waals surface area contributed by atoms with Crippen molar-refractivity contribution < 1.29 is 42.6 Å². The Labute approximate surface area is 261 Å². The zero-order valence-corrected chi connectivity index (χ0v) is 26.9. The van der Waals surface area contributed by atoms with Crippen LogP contribution in [0.1, 0.15) is 57.6 Å². The molecule has 1 amide bonds. The smallest absolute Gasteiger partial charge is 0.408 e. The quantitative estimate of drug-likeness (QED) is 0.172. The second-order valence-electron chi connectivity index (χ2n) is 12.4. The summed E-state index contributed by atoms with van der Waals surface area (Å²) in [6.07, 6.45) is 5.27. The number of amides is 1. The molecule has 0 saturated carbocycles. The fraction of sp³-hybridized carbons (Fsp3) is 0.559. The van der Waals surface area contributed by atoms with E-state index in [1.54, 1.807) is 0 Å². The molecule has 0 bridgehead atoms. The fourth-order valence-corrected chi connectivity index (χ4v) is 5.65. The minimum atomic E-state index is -0.547. The molecule has 10 heteroatoms. The van der Waals surface area contributed by atoms with Crippen LogP contribution in [0.25, 0.3) is 0 Å². The van der Waals surface area contributed by atoms with Crippen LogP contribution in [0.5, 0.6) is 11.5 Å². The van der Waals surface area contributed by atoms with Crippen LogP contribution in [0.4, 0.5) is 4.79 Å². The van der Waals surface area contributed by atoms with Crippen molar-refractivity contribution in [3.05, 3.63) is 59.7 Å². The molecule has 1 aliphatic heterocycles. The van der Waals surface area contributed by atoms with Gasteiger partial charge in [-0.2, -0.15) is 0 Å². The second kappa shape index (κ2) is 16.9. The number of piperidine rings is 1. The standard InChI is InChI=1S/C34H48N2O8/c1-34(2,3)44-33(39)35-28-15-10-20-36(23-28,18-8-13-26-11-6-16-29(21-26)42-24-31(37)40-4)19-9-14-27-12-7-17-30(22-27)43-25-32(38)41-5/h6-7,11-12,16-17,21-22,28H,8-10,13-15,18-20,23-25H2,1-5H3/p+1/t28-/m0/s1. The van der Waals surface area contributed by atoms with E-state index in [0.29, 0.717) is 11.5 Å². The van der Waals surface area contributed by atoms with E-state index in [1.807, 2.05) is 57.2 Å². The Morgan fingerprint density at radius 2 is 1.36 bits per heavy atom. The van der Waals surface area contributed by atoms with Crippen LogP contribution < -0.4 is 14.8 Å². The Morgan fingerprint density at radius 3 is 1.84 bits per heavy atom. The van der Waals surface area contributed by atoms with E-state index in [4.69, 9.17) is 14.2 Å². The molecule has 0 aliphatic carbocycles. The van der Waals surface area contributed by atoms with Gasteiger partial charge in [-0.1, -0.05) is 24.3 Å². The summed E-state index contributed by atoms with van der Waals surface area (Å²) < 4.78 is 27.0. The van der Waals surface area contributed by atoms with Gasteiger partial charge in [0, 0.05) is 12.8 Å². The third-order valence-corrected chi connectivity index (χ3v) is 7.68. The Bertz CT molecular complexity index is 1160. The van der Waals surface area contributed by atoms with E-state index in [0.717, 1.165) is 80.3 Å². The lowest BCUT2D eigenvalue weighted by Crippen LogP contribution is -2.60. The molecule has 0 aromatic heterocycles. The highest BCUT2D eigenvalue weighted by Gasteiger charge is 2.35. The highest BCUT2D eigenvalue weighted by atomic mass is 16.6. The number of quaternary nitrogens is 1. The number of hydrogen-bond acceptors (Lipinski definition) is 8. The number of alkyl carbamates (subject to hydrolysis) is 1. The van der Waals surface area contributed by atoms with Crippen LogP contribution in [0, 0.1) is 0 Å². The van der Waals surface area contributed by atoms with Gasteiger partial charge in [0.1, 0.15) is 17.1 Å². The van der Waals surface area contributed by atoms with E-state index in [2.05, 4.69) is 26.9 Å². The van der Waals surface area contributed by atoms with Gasteiger partial charge < -0.3 is 33.5 Å². The molecule has 1 atom stereocenters. The number of carbonyl (C=O) groups is 3. The number of nitrogens with zero attached hydrogens (tertiary/aromatic N) is 1. The Kier molecular flexibility index (Phi) is 13.3. The van der Waals surface area contributed by atoms with Crippen molar-refractivity contribution in [2.24, 2.45) is 0 Å². The predicted molar refractivity (Wildman–Crippen MR) is 167 cm³/mol. The monoisotopic (exact) mass is 613 g/mol. The Morgan fingerprint density at radius 1 is 0.841 bits per heavy atom. The topological polar surface area (TPSA) is 109 Å². The summed E-state index contributed by atoms with van der Waals surface area (Å²) in [6.45, 7) is 9.24. The van der Waals surface area contributed by atoms with Crippen LogP contribution in [0.15, 0.2) is 48.5 Å². The first-order valence-corrected chi connectivity index (χ1v) is 15.4. The van der Waals surface area contributed by atoms with Crippen molar-refractivity contribution in [1.82, 2.24) is 5.32 Å². The van der Waals surface area contributed by atoms with Gasteiger partial charge in [0.05, 0.1) is 46.4 Å². The molecule has 1 fully saturated rings. The van der Waals surface area contributed by atoms with E-state index in [1.165, 1.54) is 14.2 Å². The van der Waals surface area contributed by atoms with Crippen molar-refractivity contribution in [3.63, 3.8) is 0 Å². The van der Waals surface area contributed by atoms with Gasteiger partial charge in [0.2, 0.25) is 0 Å². The van der Waals surface area contributed by atoms with Gasteiger partial charge in [0.25, 0.3) is 0 Å². The summed E-state index contributed by atoms with van der Waals surface area (Å²) in [6, 6.07) is 15.7. The van der Waals surface area contributed by atoms with Gasteiger partial charge in [-0.25, -0.2) is 14.4 Å². The predicted octanol–water partition coefficient (Wildman–Crippen LogP) is 4.86. The molecule has 1 heterocycles. The maximum atomic E-state index is 12.6. The molecule has 1 saturated heterocycles. The van der Waals surface area contributed by atoms with Crippen LogP contribution in [-0.4, -0.2) is 87.8 Å². The van der Waals surface area contributed by atoms with Gasteiger partial charge in [0.15, 0.2) is 13.2 Å². The first-order chi connectivity index (χ1) is 21.0. The van der Waals surface area contributed by atoms with Gasteiger partial charge in [-0.15, -0.1) is 0 Å². The Balaban J connectivity index is 1.64. The van der Waals surface area contributed by atoms with Crippen molar-refractivity contribution >= 4 is 18.0 Å². The maximum absolute atomic E-state index is 12.6. The van der Waals surface area contributed by atoms with Gasteiger partial charge >= 0.3 is 18.0 Å². The molecule has 44 heavy (non-hydrogen) atoms. The molecule has 1 N–H and O–H groups in total. The molecular weight excluding hydrogens is 564 g/mol. The minimum absolute atomic E-state index is 0.0451. The van der Waals surface area contributed by atoms with Crippen LogP contribution in [-0.2, 0) is 36.6 Å². The molecule has 0 spiro atoms. The number of nitrogens with one attached hydrogen (secondary N) is 1. The van der Waals surface area contributed by atoms with Crippen molar-refractivity contribution in [1.29, 1.82) is 0 Å². The molecule has 1 aliphatic rings. The second-order valence-corrected chi connectivity index (χ2v) is 12.4. The minimum Gasteiger partial charge on any atom is -0.482 e. The van der Waals surface area contributed by atoms with Crippen molar-refractivity contribution in [2.75, 3.05) is 53.6 Å². The Hall–Kier alpha value is -3.79. The van der Waals surface area contributed by atoms with Crippen LogP contribution in [0.3, 0.4) is 0 Å². The number of benzene rings is 2. The van der Waals surface area contributed by atoms with Gasteiger partial charge in [-0.05, 0) is 81.8 Å². The lowest BCUT2D eigenvalue weighted by atomic mass is 9.99. The summed E-state index contributed by atoms with van der Waals surface area (Å²) in [5.74, 6) is 0.465. The number of likely N-dealkylation sites (tertiary alicyclic amines) is 1. The molecule has 0 unspecified atom stereocenters. The normalized spacial score (nSPS) is 16.0. The van der Waals surface area contributed by atoms with E-state index in [9.17, 15) is 14.4 Å². The maximum Gasteiger partial charge on any atom is 0.408 e. The highest BCUT2D eigenvalue weighted by Crippen LogP contribution is 2.24. The molecule has 10 nitrogen and oxygen atoms in total. The number of ether oxygens (including phenoxy) is 5. The van der Waals surface area contributed by atoms with Crippen LogP contribution in [0.2, 0.25) is 0 Å². The largest absolute Gasteiger partial charge is 0.482 e. The van der Waals surface area contributed by atoms with E-state index >= 15 is 0 Å². The third-order valence-electron chi connectivity index (χ3n) is 7.68. The number of rotatable bonds is 15. The van der Waals surface area contributed by atoms with E-state index < -0.39 is 17.5 Å². The average molecular weight is 614 g/mol. The molecule has 242 valence electrons. The highest BCUT2D eigenvalue weighted by molar-refractivity contribution is 5.71. The number of esters is 2. The molecule has 2 aromatic rings. The zero-order chi connectivity index (χ0) is 32.0. The molecule has 2 aromatic carbocycles. The lowest BCUT2D eigenvalue weighted by molar-refractivity contribution is -0.933. The third kappa shape index (κ3) is 12.4. The summed E-state index contributed by atoms with van der Waals surface area (Å²) in [5, 5.41) is 3.13. The summed E-state index contributed by atoms with van der Waals surface area (Å²) >= 11 is 0. The summed E-state index contributed by atoms with van der Waals surface area (Å²) in [4.78, 5) is 35.5. The number of methoxy groups -OCH3 is 2. The summed E-state index contributed by atoms with van der Waals surface area (Å²) in [7, 11) is 2.68. The first-order valence-electron chi connectivity index (χ1n) is 15.4. The van der Waals surface area contributed by atoms with E-state index in [-0.39, 0.29) is 25.3 Å². The van der Waals surface area contributed by atoms with Gasteiger partial charge in [-0.3, -0.25) is 0 Å². The molecule has 0 radical (unpaired) electrons. The van der Waals surface area contributed by atoms with Crippen molar-refractivity contribution in [3.8, 4) is 11.5 Å². The number of aryl methyl sites for hydroxylation is 2. The molecular formula is C34H49N2O8+. The SMILES string of the molecule is COC(=O)COc1cccc(CCC[N+]2(CCCc3cccc(OCC(=O)OC)c3)CCC[C@H](NC(=O)OC(C)(C)C)C2)c1. The van der Waals surface area contributed by atoms with Crippen LogP contribution >= 0.6 is 0 Å². The number of carbonyl (C=O) groups excluding carboxylic acids is 3. The molecule has 3 rings (SSSR count). The fourth-order valence-electron chi connectivity index (χ4n) is 5.65. The average Bonchev–Trinajstić information content (AvgIpc) is 2.98. The zero-order valence-electron chi connectivity index (χ0n) is 26.9. The summed E-state index contributed by atoms with van der Waals surface area (Å²) in [5.41, 5.74) is 1.75. The number of hydrogen-bond donors (Lipinski definition) is 1.